The molecule has 0 bridgehead atoms. The van der Waals surface area contributed by atoms with Crippen LogP contribution in [0.3, 0.4) is 0 Å². The number of aliphatic hydroxyl groups excluding tert-OH is 1. The summed E-state index contributed by atoms with van der Waals surface area (Å²) in [5.74, 6) is -3.04. The van der Waals surface area contributed by atoms with Crippen LogP contribution in [-0.4, -0.2) is 46.0 Å². The molecule has 1 heterocycles. The minimum absolute atomic E-state index is 0.142. The molecule has 2 aromatic rings. The van der Waals surface area contributed by atoms with Crippen molar-refractivity contribution in [2.24, 2.45) is 0 Å². The summed E-state index contributed by atoms with van der Waals surface area (Å²) in [4.78, 5) is 36.8. The lowest BCUT2D eigenvalue weighted by atomic mass is 10.0. The van der Waals surface area contributed by atoms with Crippen LogP contribution in [0.5, 0.6) is 0 Å². The first-order valence-electron chi connectivity index (χ1n) is 9.22. The molecule has 150 valence electrons. The van der Waals surface area contributed by atoms with E-state index in [4.69, 9.17) is 5.11 Å². The van der Waals surface area contributed by atoms with Crippen LogP contribution < -0.4 is 5.32 Å². The summed E-state index contributed by atoms with van der Waals surface area (Å²) in [5, 5.41) is 20.8. The Labute approximate surface area is 168 Å². The molecular weight excluding hydrogens is 372 g/mol. The van der Waals surface area contributed by atoms with Gasteiger partial charge >= 0.3 is 5.97 Å². The molecule has 0 saturated heterocycles. The van der Waals surface area contributed by atoms with Crippen molar-refractivity contribution in [1.82, 2.24) is 10.2 Å². The zero-order valence-electron chi connectivity index (χ0n) is 16.0. The number of carboxylic acids is 1. The minimum Gasteiger partial charge on any atom is -0.511 e. The fourth-order valence-electron chi connectivity index (χ4n) is 3.14. The van der Waals surface area contributed by atoms with Gasteiger partial charge in [-0.1, -0.05) is 54.1 Å². The Balaban J connectivity index is 1.70. The fourth-order valence-corrected chi connectivity index (χ4v) is 3.14. The molecule has 0 unspecified atom stereocenters. The fraction of sp³-hybridized carbons (Fsp3) is 0.227. The molecule has 0 aliphatic carbocycles. The third-order valence-electron chi connectivity index (χ3n) is 4.75. The van der Waals surface area contributed by atoms with Gasteiger partial charge in [-0.15, -0.1) is 0 Å². The number of hydrogen-bond acceptors (Lipinski definition) is 4. The quantitative estimate of drug-likeness (QED) is 0.652. The highest BCUT2D eigenvalue weighted by Gasteiger charge is 2.32. The number of hydrogen-bond donors (Lipinski definition) is 3. The summed E-state index contributed by atoms with van der Waals surface area (Å²) in [6.07, 6.45) is 0.142. The van der Waals surface area contributed by atoms with E-state index in [0.29, 0.717) is 0 Å². The summed E-state index contributed by atoms with van der Waals surface area (Å²) in [6, 6.07) is 16.0. The van der Waals surface area contributed by atoms with Gasteiger partial charge in [0.15, 0.2) is 0 Å². The number of aryl methyl sites for hydroxylation is 1. The van der Waals surface area contributed by atoms with E-state index in [1.807, 2.05) is 55.5 Å². The second-order valence-electron chi connectivity index (χ2n) is 6.94. The van der Waals surface area contributed by atoms with Gasteiger partial charge in [-0.25, -0.2) is 0 Å². The van der Waals surface area contributed by atoms with Gasteiger partial charge in [-0.05, 0) is 23.6 Å². The lowest BCUT2D eigenvalue weighted by molar-refractivity contribution is -0.138. The molecule has 0 aromatic heterocycles. The van der Waals surface area contributed by atoms with E-state index in [-0.39, 0.29) is 25.3 Å². The van der Waals surface area contributed by atoms with Crippen LogP contribution in [0, 0.1) is 6.92 Å². The van der Waals surface area contributed by atoms with Crippen LogP contribution in [0.15, 0.2) is 59.9 Å². The molecule has 0 atom stereocenters. The first-order valence-corrected chi connectivity index (χ1v) is 9.22. The number of carbonyl (C=O) groups is 3. The Kier molecular flexibility index (Phi) is 5.97. The molecule has 7 heteroatoms. The van der Waals surface area contributed by atoms with E-state index in [9.17, 15) is 19.5 Å². The Morgan fingerprint density at radius 3 is 2.21 bits per heavy atom. The predicted molar refractivity (Wildman–Crippen MR) is 107 cm³/mol. The number of nitrogens with one attached hydrogen (secondary N) is 1. The molecule has 3 N–H and O–H groups in total. The van der Waals surface area contributed by atoms with E-state index in [0.717, 1.165) is 16.7 Å². The van der Waals surface area contributed by atoms with E-state index in [1.54, 1.807) is 0 Å². The molecule has 1 aliphatic rings. The zero-order valence-corrected chi connectivity index (χ0v) is 16.0. The monoisotopic (exact) mass is 394 g/mol. The van der Waals surface area contributed by atoms with Gasteiger partial charge in [0.05, 0.1) is 0 Å². The molecule has 3 rings (SSSR count). The Hall–Kier alpha value is -3.61. The number of amides is 2. The molecule has 1 aliphatic heterocycles. The van der Waals surface area contributed by atoms with Crippen molar-refractivity contribution in [3.63, 3.8) is 0 Å². The molecular formula is C22H22N2O5. The van der Waals surface area contributed by atoms with Crippen LogP contribution in [-0.2, 0) is 20.9 Å². The van der Waals surface area contributed by atoms with Crippen LogP contribution in [0.1, 0.15) is 17.5 Å². The predicted octanol–water partition coefficient (Wildman–Crippen LogP) is 2.41. The normalized spacial score (nSPS) is 14.1. The first-order chi connectivity index (χ1) is 13.8. The number of carbonyl (C=O) groups excluding carboxylic acids is 2. The van der Waals surface area contributed by atoms with Crippen molar-refractivity contribution < 1.29 is 24.6 Å². The number of nitrogens with zero attached hydrogens (tertiary/aromatic N) is 1. The van der Waals surface area contributed by atoms with E-state index < -0.39 is 29.9 Å². The maximum absolute atomic E-state index is 12.6. The van der Waals surface area contributed by atoms with Crippen molar-refractivity contribution in [2.45, 2.75) is 19.9 Å². The lowest BCUT2D eigenvalue weighted by Gasteiger charge is -2.28. The van der Waals surface area contributed by atoms with Gasteiger partial charge in [0.2, 0.25) is 0 Å². The van der Waals surface area contributed by atoms with Gasteiger partial charge in [0.25, 0.3) is 11.8 Å². The molecule has 0 fully saturated rings. The Morgan fingerprint density at radius 2 is 1.62 bits per heavy atom. The maximum atomic E-state index is 12.6. The van der Waals surface area contributed by atoms with Crippen molar-refractivity contribution in [2.75, 3.05) is 13.1 Å². The molecule has 0 saturated carbocycles. The number of aliphatic hydroxyl groups is 1. The van der Waals surface area contributed by atoms with Gasteiger partial charge in [-0.3, -0.25) is 14.4 Å². The van der Waals surface area contributed by atoms with Gasteiger partial charge in [0.1, 0.15) is 17.9 Å². The number of carboxylic acid groups (broad SMARTS) is 1. The van der Waals surface area contributed by atoms with E-state index in [2.05, 4.69) is 5.32 Å². The highest BCUT2D eigenvalue weighted by atomic mass is 16.4. The summed E-state index contributed by atoms with van der Waals surface area (Å²) in [5.41, 5.74) is 3.84. The van der Waals surface area contributed by atoms with Crippen molar-refractivity contribution >= 4 is 17.8 Å². The van der Waals surface area contributed by atoms with Crippen molar-refractivity contribution in [1.29, 1.82) is 0 Å². The summed E-state index contributed by atoms with van der Waals surface area (Å²) >= 11 is 0. The molecule has 29 heavy (non-hydrogen) atoms. The smallest absolute Gasteiger partial charge is 0.322 e. The topological polar surface area (TPSA) is 107 Å². The van der Waals surface area contributed by atoms with E-state index >= 15 is 0 Å². The summed E-state index contributed by atoms with van der Waals surface area (Å²) in [6.45, 7) is 1.98. The van der Waals surface area contributed by atoms with Crippen LogP contribution in [0.4, 0.5) is 0 Å². The Morgan fingerprint density at radius 1 is 1.03 bits per heavy atom. The molecule has 7 nitrogen and oxygen atoms in total. The van der Waals surface area contributed by atoms with Crippen molar-refractivity contribution in [3.8, 4) is 11.1 Å². The van der Waals surface area contributed by atoms with Gasteiger partial charge in [-0.2, -0.15) is 0 Å². The first kappa shape index (κ1) is 20.1. The molecule has 0 spiro atoms. The standard InChI is InChI=1S/C22H22N2O5/c1-14-2-6-16(7-3-14)17-8-4-15(5-9-17)13-24-11-10-18(25)20(22(24)29)21(28)23-12-19(26)27/h2-9,25H,10-13H2,1H3,(H,23,28)(H,26,27). The SMILES string of the molecule is Cc1ccc(-c2ccc(CN3CCC(O)=C(C(=O)NCC(=O)O)C3=O)cc2)cc1. The van der Waals surface area contributed by atoms with Crippen molar-refractivity contribution in [3.05, 3.63) is 71.0 Å². The average molecular weight is 394 g/mol. The number of benzene rings is 2. The number of aliphatic carboxylic acids is 1. The van der Waals surface area contributed by atoms with Crippen LogP contribution >= 0.6 is 0 Å². The summed E-state index contributed by atoms with van der Waals surface area (Å²) < 4.78 is 0. The second-order valence-corrected chi connectivity index (χ2v) is 6.94. The van der Waals surface area contributed by atoms with Gasteiger partial charge in [0, 0.05) is 19.5 Å². The highest BCUT2D eigenvalue weighted by Crippen LogP contribution is 2.23. The minimum atomic E-state index is -1.23. The lowest BCUT2D eigenvalue weighted by Crippen LogP contribution is -2.43. The largest absolute Gasteiger partial charge is 0.511 e. The summed E-state index contributed by atoms with van der Waals surface area (Å²) in [7, 11) is 0. The van der Waals surface area contributed by atoms with E-state index in [1.165, 1.54) is 10.5 Å². The van der Waals surface area contributed by atoms with Crippen LogP contribution in [0.25, 0.3) is 11.1 Å². The second kappa shape index (κ2) is 8.60. The molecule has 2 amide bonds. The zero-order chi connectivity index (χ0) is 21.0. The Bertz CT molecular complexity index is 962. The van der Waals surface area contributed by atoms with Gasteiger partial charge < -0.3 is 20.4 Å². The molecule has 2 aromatic carbocycles. The maximum Gasteiger partial charge on any atom is 0.322 e. The third kappa shape index (κ3) is 4.82. The number of rotatable bonds is 6. The van der Waals surface area contributed by atoms with Crippen LogP contribution in [0.2, 0.25) is 0 Å². The third-order valence-corrected chi connectivity index (χ3v) is 4.75. The molecule has 0 radical (unpaired) electrons. The highest BCUT2D eigenvalue weighted by molar-refractivity contribution is 6.19. The average Bonchev–Trinajstić information content (AvgIpc) is 2.70.